The summed E-state index contributed by atoms with van der Waals surface area (Å²) in [6.07, 6.45) is 0. The smallest absolute Gasteiger partial charge is 0.269 e. The Balaban J connectivity index is 3.29. The maximum absolute atomic E-state index is 10.5. The molecule has 0 unspecified atom stereocenters. The van der Waals surface area contributed by atoms with E-state index in [0.717, 1.165) is 5.19 Å². The van der Waals surface area contributed by atoms with Gasteiger partial charge in [0.15, 0.2) is 0 Å². The third kappa shape index (κ3) is 2.11. The highest BCUT2D eigenvalue weighted by Crippen LogP contribution is 2.18. The van der Waals surface area contributed by atoms with E-state index in [4.69, 9.17) is 0 Å². The Morgan fingerprint density at radius 1 is 1.36 bits per heavy atom. The lowest BCUT2D eigenvalue weighted by molar-refractivity contribution is -0.384. The Morgan fingerprint density at radius 3 is 2.36 bits per heavy atom. The van der Waals surface area contributed by atoms with Gasteiger partial charge in [-0.15, -0.1) is 0 Å². The number of rotatable bonds is 2. The molecule has 0 amide bonds. The molecule has 0 saturated heterocycles. The van der Waals surface area contributed by atoms with Crippen molar-refractivity contribution in [1.82, 2.24) is 0 Å². The zero-order valence-electron chi connectivity index (χ0n) is 8.44. The van der Waals surface area contributed by atoms with Gasteiger partial charge >= 0.3 is 0 Å². The minimum absolute atomic E-state index is 0.0419. The second kappa shape index (κ2) is 3.41. The second-order valence-electron chi connectivity index (χ2n) is 4.21. The molecule has 5 heteroatoms. The van der Waals surface area contributed by atoms with E-state index in [0.29, 0.717) is 0 Å². The molecule has 0 radical (unpaired) electrons. The van der Waals surface area contributed by atoms with Crippen LogP contribution in [0.25, 0.3) is 0 Å². The summed E-state index contributed by atoms with van der Waals surface area (Å²) in [5.74, 6) is 0.162. The number of nitro benzene ring substituents is 1. The molecule has 76 valence electrons. The molecule has 0 fully saturated rings. The lowest BCUT2D eigenvalue weighted by Gasteiger charge is -2.17. The van der Waals surface area contributed by atoms with Crippen molar-refractivity contribution in [3.05, 3.63) is 28.3 Å². The number of nitro groups is 1. The van der Waals surface area contributed by atoms with Crippen LogP contribution in [-0.4, -0.2) is 18.1 Å². The van der Waals surface area contributed by atoms with Crippen molar-refractivity contribution in [2.75, 3.05) is 0 Å². The van der Waals surface area contributed by atoms with Crippen LogP contribution in [0.2, 0.25) is 19.6 Å². The van der Waals surface area contributed by atoms with Crippen LogP contribution in [0.15, 0.2) is 18.2 Å². The maximum Gasteiger partial charge on any atom is 0.269 e. The van der Waals surface area contributed by atoms with Crippen LogP contribution >= 0.6 is 0 Å². The molecule has 0 aliphatic rings. The molecule has 0 aliphatic heterocycles. The van der Waals surface area contributed by atoms with Crippen molar-refractivity contribution in [3.8, 4) is 5.75 Å². The summed E-state index contributed by atoms with van der Waals surface area (Å²) in [7, 11) is -1.71. The molecule has 4 nitrogen and oxygen atoms in total. The van der Waals surface area contributed by atoms with Gasteiger partial charge in [0.25, 0.3) is 5.69 Å². The minimum Gasteiger partial charge on any atom is -0.508 e. The van der Waals surface area contributed by atoms with Crippen LogP contribution < -0.4 is 5.19 Å². The second-order valence-corrected chi connectivity index (χ2v) is 9.25. The Kier molecular flexibility index (Phi) is 2.61. The Morgan fingerprint density at radius 2 is 1.93 bits per heavy atom. The van der Waals surface area contributed by atoms with Crippen LogP contribution in [0.1, 0.15) is 0 Å². The first-order valence-electron chi connectivity index (χ1n) is 4.30. The van der Waals surface area contributed by atoms with Gasteiger partial charge < -0.3 is 5.11 Å². The standard InChI is InChI=1S/C9H13NO3Si/c1-14(2,3)9-6-7(10(12)13)4-5-8(9)11/h4-6,11H,1-3H3. The lowest BCUT2D eigenvalue weighted by Crippen LogP contribution is -2.37. The Labute approximate surface area is 83.4 Å². The fourth-order valence-corrected chi connectivity index (χ4v) is 2.67. The summed E-state index contributed by atoms with van der Waals surface area (Å²) < 4.78 is 0. The first-order chi connectivity index (χ1) is 6.32. The van der Waals surface area contributed by atoms with E-state index in [2.05, 4.69) is 0 Å². The molecule has 1 N–H and O–H groups in total. The summed E-state index contributed by atoms with van der Waals surface area (Å²) in [5.41, 5.74) is 0.0419. The van der Waals surface area contributed by atoms with Gasteiger partial charge in [0, 0.05) is 12.1 Å². The van der Waals surface area contributed by atoms with Gasteiger partial charge in [-0.25, -0.2) is 0 Å². The predicted octanol–water partition coefficient (Wildman–Crippen LogP) is 1.85. The van der Waals surface area contributed by atoms with E-state index in [1.807, 2.05) is 19.6 Å². The summed E-state index contributed by atoms with van der Waals surface area (Å²) in [4.78, 5) is 10.1. The van der Waals surface area contributed by atoms with Crippen LogP contribution in [-0.2, 0) is 0 Å². The first-order valence-corrected chi connectivity index (χ1v) is 7.80. The topological polar surface area (TPSA) is 63.4 Å². The highest BCUT2D eigenvalue weighted by atomic mass is 28.3. The average Bonchev–Trinajstić information content (AvgIpc) is 2.02. The zero-order valence-corrected chi connectivity index (χ0v) is 9.44. The first kappa shape index (κ1) is 10.7. The third-order valence-corrected chi connectivity index (χ3v) is 4.02. The van der Waals surface area contributed by atoms with E-state index in [1.165, 1.54) is 18.2 Å². The highest BCUT2D eigenvalue weighted by Gasteiger charge is 2.22. The average molecular weight is 211 g/mol. The minimum atomic E-state index is -1.71. The van der Waals surface area contributed by atoms with Crippen molar-refractivity contribution in [2.24, 2.45) is 0 Å². The Hall–Kier alpha value is -1.36. The predicted molar refractivity (Wildman–Crippen MR) is 57.7 cm³/mol. The number of hydrogen-bond acceptors (Lipinski definition) is 3. The highest BCUT2D eigenvalue weighted by molar-refractivity contribution is 6.89. The number of phenolic OH excluding ortho intramolecular Hbond substituents is 1. The molecule has 0 bridgehead atoms. The molecule has 1 aromatic carbocycles. The van der Waals surface area contributed by atoms with E-state index in [-0.39, 0.29) is 11.4 Å². The van der Waals surface area contributed by atoms with E-state index < -0.39 is 13.0 Å². The van der Waals surface area contributed by atoms with Crippen LogP contribution in [0, 0.1) is 10.1 Å². The molecule has 0 heterocycles. The monoisotopic (exact) mass is 211 g/mol. The number of benzene rings is 1. The summed E-state index contributed by atoms with van der Waals surface area (Å²) >= 11 is 0. The molecule has 0 aliphatic carbocycles. The van der Waals surface area contributed by atoms with E-state index in [1.54, 1.807) is 0 Å². The molecule has 0 atom stereocenters. The van der Waals surface area contributed by atoms with Crippen LogP contribution in [0.4, 0.5) is 5.69 Å². The molecule has 14 heavy (non-hydrogen) atoms. The van der Waals surface area contributed by atoms with Crippen LogP contribution in [0.5, 0.6) is 5.75 Å². The van der Waals surface area contributed by atoms with Gasteiger partial charge in [-0.1, -0.05) is 19.6 Å². The van der Waals surface area contributed by atoms with Gasteiger partial charge in [0.05, 0.1) is 13.0 Å². The van der Waals surface area contributed by atoms with Crippen molar-refractivity contribution >= 4 is 18.9 Å². The van der Waals surface area contributed by atoms with Crippen molar-refractivity contribution in [2.45, 2.75) is 19.6 Å². The molecule has 0 spiro atoms. The third-order valence-electron chi connectivity index (χ3n) is 2.00. The molecule has 0 aromatic heterocycles. The maximum atomic E-state index is 10.5. The molecular formula is C9H13NO3Si. The van der Waals surface area contributed by atoms with Crippen molar-refractivity contribution < 1.29 is 10.0 Å². The number of aromatic hydroxyl groups is 1. The van der Waals surface area contributed by atoms with Gasteiger partial charge in [-0.3, -0.25) is 10.1 Å². The molecular weight excluding hydrogens is 198 g/mol. The van der Waals surface area contributed by atoms with Crippen molar-refractivity contribution in [3.63, 3.8) is 0 Å². The lowest BCUT2D eigenvalue weighted by atomic mass is 10.3. The van der Waals surface area contributed by atoms with E-state index >= 15 is 0 Å². The molecule has 1 aromatic rings. The van der Waals surface area contributed by atoms with Gasteiger partial charge in [-0.2, -0.15) is 0 Å². The Bertz CT molecular complexity index is 371. The summed E-state index contributed by atoms with van der Waals surface area (Å²) in [5, 5.41) is 20.8. The number of non-ortho nitro benzene ring substituents is 1. The van der Waals surface area contributed by atoms with Gasteiger partial charge in [-0.05, 0) is 11.3 Å². The SMILES string of the molecule is C[Si](C)(C)c1cc([N+](=O)[O-])ccc1O. The molecule has 1 rings (SSSR count). The summed E-state index contributed by atoms with van der Waals surface area (Å²) in [6, 6.07) is 4.19. The van der Waals surface area contributed by atoms with Gasteiger partial charge in [0.1, 0.15) is 5.75 Å². The van der Waals surface area contributed by atoms with Crippen LogP contribution in [0.3, 0.4) is 0 Å². The summed E-state index contributed by atoms with van der Waals surface area (Å²) in [6.45, 7) is 6.10. The van der Waals surface area contributed by atoms with Gasteiger partial charge in [0.2, 0.25) is 0 Å². The fourth-order valence-electron chi connectivity index (χ4n) is 1.24. The van der Waals surface area contributed by atoms with Crippen molar-refractivity contribution in [1.29, 1.82) is 0 Å². The zero-order chi connectivity index (χ0) is 10.9. The largest absolute Gasteiger partial charge is 0.508 e. The number of hydrogen-bond donors (Lipinski definition) is 1. The molecule has 0 saturated carbocycles. The van der Waals surface area contributed by atoms with E-state index in [9.17, 15) is 15.2 Å². The normalized spacial score (nSPS) is 11.4. The fraction of sp³-hybridized carbons (Fsp3) is 0.333. The number of nitrogens with zero attached hydrogens (tertiary/aromatic N) is 1. The number of phenols is 1. The quantitative estimate of drug-likeness (QED) is 0.461.